The summed E-state index contributed by atoms with van der Waals surface area (Å²) >= 11 is 0. The fourth-order valence-corrected chi connectivity index (χ4v) is 3.07. The summed E-state index contributed by atoms with van der Waals surface area (Å²) < 4.78 is 11.4. The molecule has 4 rings (SSSR count). The number of ether oxygens (including phenoxy) is 2. The molecule has 4 aromatic rings. The highest BCUT2D eigenvalue weighted by Gasteiger charge is 2.10. The van der Waals surface area contributed by atoms with Crippen LogP contribution in [0.3, 0.4) is 0 Å². The SMILES string of the molecule is COc1ccc2nc(-c3ccc(C)cc3)cc(COc3ccccc3)c2c1. The third-order valence-electron chi connectivity index (χ3n) is 4.59. The number of fused-ring (bicyclic) bond motifs is 1. The maximum absolute atomic E-state index is 6.02. The van der Waals surface area contributed by atoms with Crippen LogP contribution in [0.15, 0.2) is 78.9 Å². The molecule has 0 aliphatic carbocycles. The van der Waals surface area contributed by atoms with Gasteiger partial charge in [-0.3, -0.25) is 0 Å². The van der Waals surface area contributed by atoms with E-state index in [4.69, 9.17) is 14.5 Å². The number of rotatable bonds is 5. The number of hydrogen-bond donors (Lipinski definition) is 0. The summed E-state index contributed by atoms with van der Waals surface area (Å²) in [5.41, 5.74) is 5.29. The van der Waals surface area contributed by atoms with Crippen LogP contribution in [-0.4, -0.2) is 12.1 Å². The van der Waals surface area contributed by atoms with E-state index >= 15 is 0 Å². The minimum atomic E-state index is 0.467. The number of aromatic nitrogens is 1. The lowest BCUT2D eigenvalue weighted by atomic mass is 10.0. The minimum absolute atomic E-state index is 0.467. The van der Waals surface area contributed by atoms with Crippen molar-refractivity contribution in [2.45, 2.75) is 13.5 Å². The summed E-state index contributed by atoms with van der Waals surface area (Å²) in [6.45, 7) is 2.55. The van der Waals surface area contributed by atoms with E-state index < -0.39 is 0 Å². The molecule has 134 valence electrons. The first-order chi connectivity index (χ1) is 13.2. The number of methoxy groups -OCH3 is 1. The molecule has 0 unspecified atom stereocenters. The number of nitrogens with zero attached hydrogens (tertiary/aromatic N) is 1. The molecule has 1 aromatic heterocycles. The van der Waals surface area contributed by atoms with E-state index in [9.17, 15) is 0 Å². The topological polar surface area (TPSA) is 31.4 Å². The van der Waals surface area contributed by atoms with Gasteiger partial charge < -0.3 is 9.47 Å². The van der Waals surface area contributed by atoms with Crippen LogP contribution in [0.1, 0.15) is 11.1 Å². The average Bonchev–Trinajstić information content (AvgIpc) is 2.72. The van der Waals surface area contributed by atoms with Crippen LogP contribution >= 0.6 is 0 Å². The van der Waals surface area contributed by atoms with Crippen molar-refractivity contribution in [3.8, 4) is 22.8 Å². The molecule has 0 aliphatic heterocycles. The Morgan fingerprint density at radius 3 is 2.33 bits per heavy atom. The molecule has 0 fully saturated rings. The average molecular weight is 355 g/mol. The third-order valence-corrected chi connectivity index (χ3v) is 4.59. The molecule has 0 saturated heterocycles. The summed E-state index contributed by atoms with van der Waals surface area (Å²) in [6.07, 6.45) is 0. The van der Waals surface area contributed by atoms with Gasteiger partial charge in [0.25, 0.3) is 0 Å². The standard InChI is InChI=1S/C24H21NO2/c1-17-8-10-18(11-9-17)24-14-19(16-27-20-6-4-3-5-7-20)22-15-21(26-2)12-13-23(22)25-24/h3-15H,16H2,1-2H3. The van der Waals surface area contributed by atoms with Gasteiger partial charge in [-0.2, -0.15) is 0 Å². The Morgan fingerprint density at radius 2 is 1.59 bits per heavy atom. The Morgan fingerprint density at radius 1 is 0.815 bits per heavy atom. The van der Waals surface area contributed by atoms with Crippen molar-refractivity contribution in [2.75, 3.05) is 7.11 Å². The zero-order valence-corrected chi connectivity index (χ0v) is 15.5. The van der Waals surface area contributed by atoms with E-state index in [0.717, 1.165) is 39.2 Å². The summed E-state index contributed by atoms with van der Waals surface area (Å²) in [4.78, 5) is 4.86. The summed E-state index contributed by atoms with van der Waals surface area (Å²) in [5.74, 6) is 1.66. The highest BCUT2D eigenvalue weighted by molar-refractivity contribution is 5.86. The van der Waals surface area contributed by atoms with E-state index in [1.165, 1.54) is 5.56 Å². The number of aryl methyl sites for hydroxylation is 1. The van der Waals surface area contributed by atoms with Crippen LogP contribution in [0.4, 0.5) is 0 Å². The molecule has 0 aliphatic rings. The molecular formula is C24H21NO2. The lowest BCUT2D eigenvalue weighted by Gasteiger charge is -2.12. The van der Waals surface area contributed by atoms with Gasteiger partial charge in [0.05, 0.1) is 18.3 Å². The number of benzene rings is 3. The van der Waals surface area contributed by atoms with Gasteiger partial charge in [0.1, 0.15) is 18.1 Å². The number of para-hydroxylation sites is 1. The minimum Gasteiger partial charge on any atom is -0.497 e. The van der Waals surface area contributed by atoms with Gasteiger partial charge >= 0.3 is 0 Å². The van der Waals surface area contributed by atoms with Crippen molar-refractivity contribution >= 4 is 10.9 Å². The van der Waals surface area contributed by atoms with Gasteiger partial charge in [0.2, 0.25) is 0 Å². The second-order valence-electron chi connectivity index (χ2n) is 6.52. The van der Waals surface area contributed by atoms with Gasteiger partial charge in [-0.15, -0.1) is 0 Å². The molecule has 0 amide bonds. The monoisotopic (exact) mass is 355 g/mol. The highest BCUT2D eigenvalue weighted by Crippen LogP contribution is 2.29. The Hall–Kier alpha value is -3.33. The number of pyridine rings is 1. The smallest absolute Gasteiger partial charge is 0.119 e. The van der Waals surface area contributed by atoms with Crippen LogP contribution in [0, 0.1) is 6.92 Å². The summed E-state index contributed by atoms with van der Waals surface area (Å²) in [6, 6.07) is 26.3. The van der Waals surface area contributed by atoms with Gasteiger partial charge in [0.15, 0.2) is 0 Å². The molecule has 0 radical (unpaired) electrons. The second kappa shape index (κ2) is 7.50. The highest BCUT2D eigenvalue weighted by atomic mass is 16.5. The quantitative estimate of drug-likeness (QED) is 0.453. The molecule has 0 N–H and O–H groups in total. The van der Waals surface area contributed by atoms with E-state index in [0.29, 0.717) is 6.61 Å². The zero-order chi connectivity index (χ0) is 18.6. The van der Waals surface area contributed by atoms with Crippen molar-refractivity contribution in [1.82, 2.24) is 4.98 Å². The Labute approximate surface area is 159 Å². The van der Waals surface area contributed by atoms with Crippen LogP contribution in [-0.2, 0) is 6.61 Å². The molecule has 0 saturated carbocycles. The molecule has 3 heteroatoms. The Balaban J connectivity index is 1.78. The van der Waals surface area contributed by atoms with Crippen molar-refractivity contribution in [1.29, 1.82) is 0 Å². The molecule has 0 atom stereocenters. The summed E-state index contributed by atoms with van der Waals surface area (Å²) in [7, 11) is 1.68. The number of hydrogen-bond acceptors (Lipinski definition) is 3. The van der Waals surface area contributed by atoms with Crippen molar-refractivity contribution < 1.29 is 9.47 Å². The maximum atomic E-state index is 6.02. The lowest BCUT2D eigenvalue weighted by molar-refractivity contribution is 0.307. The maximum Gasteiger partial charge on any atom is 0.119 e. The molecule has 0 bridgehead atoms. The molecule has 0 spiro atoms. The van der Waals surface area contributed by atoms with Crippen LogP contribution in [0.2, 0.25) is 0 Å². The van der Waals surface area contributed by atoms with Gasteiger partial charge in [-0.1, -0.05) is 48.0 Å². The van der Waals surface area contributed by atoms with E-state index in [2.05, 4.69) is 37.3 Å². The van der Waals surface area contributed by atoms with Gasteiger partial charge in [-0.05, 0) is 43.3 Å². The molecule has 27 heavy (non-hydrogen) atoms. The van der Waals surface area contributed by atoms with Crippen LogP contribution < -0.4 is 9.47 Å². The van der Waals surface area contributed by atoms with Crippen LogP contribution in [0.5, 0.6) is 11.5 Å². The second-order valence-corrected chi connectivity index (χ2v) is 6.52. The van der Waals surface area contributed by atoms with Crippen molar-refractivity contribution in [3.63, 3.8) is 0 Å². The van der Waals surface area contributed by atoms with Crippen molar-refractivity contribution in [2.24, 2.45) is 0 Å². The molecular weight excluding hydrogens is 334 g/mol. The third kappa shape index (κ3) is 3.77. The summed E-state index contributed by atoms with van der Waals surface area (Å²) in [5, 5.41) is 1.04. The Kier molecular flexibility index (Phi) is 4.75. The normalized spacial score (nSPS) is 10.7. The predicted molar refractivity (Wildman–Crippen MR) is 109 cm³/mol. The van der Waals surface area contributed by atoms with E-state index in [1.807, 2.05) is 48.5 Å². The largest absolute Gasteiger partial charge is 0.497 e. The van der Waals surface area contributed by atoms with E-state index in [-0.39, 0.29) is 0 Å². The van der Waals surface area contributed by atoms with Crippen LogP contribution in [0.25, 0.3) is 22.2 Å². The molecule has 3 aromatic carbocycles. The first-order valence-corrected chi connectivity index (χ1v) is 8.95. The lowest BCUT2D eigenvalue weighted by Crippen LogP contribution is -1.99. The molecule has 3 nitrogen and oxygen atoms in total. The van der Waals surface area contributed by atoms with Crippen molar-refractivity contribution in [3.05, 3.63) is 90.0 Å². The van der Waals surface area contributed by atoms with Gasteiger partial charge in [0, 0.05) is 16.5 Å². The fraction of sp³-hybridized carbons (Fsp3) is 0.125. The first-order valence-electron chi connectivity index (χ1n) is 8.95. The van der Waals surface area contributed by atoms with E-state index in [1.54, 1.807) is 7.11 Å². The predicted octanol–water partition coefficient (Wildman–Crippen LogP) is 5.80. The molecule has 1 heterocycles. The fourth-order valence-electron chi connectivity index (χ4n) is 3.07. The Bertz CT molecular complexity index is 1060. The van der Waals surface area contributed by atoms with Gasteiger partial charge in [-0.25, -0.2) is 4.98 Å². The first kappa shape index (κ1) is 17.1. The zero-order valence-electron chi connectivity index (χ0n) is 15.5.